The average molecular weight is 250 g/mol. The highest BCUT2D eigenvalue weighted by molar-refractivity contribution is 5.83. The lowest BCUT2D eigenvalue weighted by molar-refractivity contribution is 0.0679. The molecule has 2 rings (SSSR count). The fourth-order valence-electron chi connectivity index (χ4n) is 1.51. The molecule has 1 N–H and O–H groups in total. The van der Waals surface area contributed by atoms with E-state index in [9.17, 15) is 9.18 Å². The number of nitrogens with zero attached hydrogens (tertiary/aromatic N) is 2. The fourth-order valence-corrected chi connectivity index (χ4v) is 1.51. The van der Waals surface area contributed by atoms with Crippen LogP contribution < -0.4 is 4.74 Å². The quantitative estimate of drug-likeness (QED) is 0.899. The second kappa shape index (κ2) is 4.87. The summed E-state index contributed by atoms with van der Waals surface area (Å²) in [7, 11) is 1.59. The highest BCUT2D eigenvalue weighted by Gasteiger charge is 2.12. The molecule has 6 heteroatoms. The van der Waals surface area contributed by atoms with Gasteiger partial charge >= 0.3 is 5.97 Å². The summed E-state index contributed by atoms with van der Waals surface area (Å²) in [6.07, 6.45) is 1.56. The van der Waals surface area contributed by atoms with Crippen molar-refractivity contribution in [2.75, 3.05) is 0 Å². The van der Waals surface area contributed by atoms with Crippen molar-refractivity contribution in [1.29, 1.82) is 0 Å². The van der Waals surface area contributed by atoms with Crippen LogP contribution in [0.4, 0.5) is 4.39 Å². The van der Waals surface area contributed by atoms with E-state index in [1.807, 2.05) is 0 Å². The van der Waals surface area contributed by atoms with Crippen LogP contribution in [0.15, 0.2) is 30.5 Å². The predicted molar refractivity (Wildman–Crippen MR) is 60.9 cm³/mol. The molecule has 1 heterocycles. The standard InChI is InChI=1S/C12H11FN2O3/c1-15-6-9(14-11(15)12(16)17)7-18-10-4-2-3-8(13)5-10/h2-6H,7H2,1H3,(H,16,17). The van der Waals surface area contributed by atoms with Gasteiger partial charge in [0.15, 0.2) is 0 Å². The minimum Gasteiger partial charge on any atom is -0.487 e. The third-order valence-corrected chi connectivity index (χ3v) is 2.30. The van der Waals surface area contributed by atoms with E-state index in [4.69, 9.17) is 9.84 Å². The Kier molecular flexibility index (Phi) is 3.27. The van der Waals surface area contributed by atoms with Crippen LogP contribution in [0.2, 0.25) is 0 Å². The van der Waals surface area contributed by atoms with Gasteiger partial charge in [0, 0.05) is 19.3 Å². The van der Waals surface area contributed by atoms with Crippen molar-refractivity contribution in [3.63, 3.8) is 0 Å². The number of benzene rings is 1. The van der Waals surface area contributed by atoms with Gasteiger partial charge in [-0.25, -0.2) is 14.2 Å². The molecule has 0 amide bonds. The Hall–Kier alpha value is -2.37. The number of carboxylic acids is 1. The Morgan fingerprint density at radius 1 is 1.56 bits per heavy atom. The molecule has 0 aliphatic heterocycles. The monoisotopic (exact) mass is 250 g/mol. The molecule has 94 valence electrons. The Labute approximate surface area is 102 Å². The van der Waals surface area contributed by atoms with Crippen LogP contribution in [0.5, 0.6) is 5.75 Å². The molecule has 0 radical (unpaired) electrons. The van der Waals surface area contributed by atoms with Crippen LogP contribution in [0.25, 0.3) is 0 Å². The van der Waals surface area contributed by atoms with E-state index < -0.39 is 5.97 Å². The Morgan fingerprint density at radius 3 is 2.94 bits per heavy atom. The van der Waals surface area contributed by atoms with Gasteiger partial charge in [0.05, 0.1) is 5.69 Å². The summed E-state index contributed by atoms with van der Waals surface area (Å²) in [6, 6.07) is 5.72. The summed E-state index contributed by atoms with van der Waals surface area (Å²) >= 11 is 0. The normalized spacial score (nSPS) is 10.3. The first kappa shape index (κ1) is 12.1. The van der Waals surface area contributed by atoms with Crippen molar-refractivity contribution in [3.05, 3.63) is 47.8 Å². The summed E-state index contributed by atoms with van der Waals surface area (Å²) in [5, 5.41) is 8.83. The molecule has 1 aromatic carbocycles. The average Bonchev–Trinajstić information content (AvgIpc) is 2.68. The van der Waals surface area contributed by atoms with Crippen LogP contribution in [0, 0.1) is 5.82 Å². The van der Waals surface area contributed by atoms with Gasteiger partial charge in [-0.1, -0.05) is 6.07 Å². The number of aromatic carboxylic acids is 1. The Bertz CT molecular complexity index is 580. The Balaban J connectivity index is 2.06. The summed E-state index contributed by atoms with van der Waals surface area (Å²) in [5.74, 6) is -1.18. The van der Waals surface area contributed by atoms with Gasteiger partial charge in [-0.3, -0.25) is 0 Å². The molecule has 5 nitrogen and oxygen atoms in total. The zero-order valence-electron chi connectivity index (χ0n) is 9.63. The molecule has 0 saturated heterocycles. The second-order valence-corrected chi connectivity index (χ2v) is 3.72. The van der Waals surface area contributed by atoms with Gasteiger partial charge in [0.25, 0.3) is 0 Å². The number of hydrogen-bond acceptors (Lipinski definition) is 3. The van der Waals surface area contributed by atoms with Crippen molar-refractivity contribution >= 4 is 5.97 Å². The molecule has 0 unspecified atom stereocenters. The number of halogens is 1. The third-order valence-electron chi connectivity index (χ3n) is 2.30. The molecule has 0 bridgehead atoms. The molecule has 0 aliphatic carbocycles. The largest absolute Gasteiger partial charge is 0.487 e. The molecule has 0 aliphatic rings. The minimum atomic E-state index is -1.10. The number of aryl methyl sites for hydroxylation is 1. The zero-order chi connectivity index (χ0) is 13.1. The van der Waals surface area contributed by atoms with Crippen molar-refractivity contribution < 1.29 is 19.0 Å². The second-order valence-electron chi connectivity index (χ2n) is 3.72. The van der Waals surface area contributed by atoms with E-state index in [2.05, 4.69) is 4.98 Å². The van der Waals surface area contributed by atoms with E-state index >= 15 is 0 Å². The van der Waals surface area contributed by atoms with Gasteiger partial charge in [-0.2, -0.15) is 0 Å². The molecular weight excluding hydrogens is 239 g/mol. The molecule has 1 aromatic heterocycles. The molecular formula is C12H11FN2O3. The van der Waals surface area contributed by atoms with Crippen molar-refractivity contribution in [1.82, 2.24) is 9.55 Å². The number of rotatable bonds is 4. The Morgan fingerprint density at radius 2 is 2.33 bits per heavy atom. The lowest BCUT2D eigenvalue weighted by Gasteiger charge is -2.03. The van der Waals surface area contributed by atoms with Crippen LogP contribution in [-0.4, -0.2) is 20.6 Å². The lowest BCUT2D eigenvalue weighted by atomic mass is 10.3. The van der Waals surface area contributed by atoms with E-state index in [-0.39, 0.29) is 18.2 Å². The molecule has 18 heavy (non-hydrogen) atoms. The summed E-state index contributed by atoms with van der Waals surface area (Å²) < 4.78 is 19.6. The van der Waals surface area contributed by atoms with Gasteiger partial charge in [-0.15, -0.1) is 0 Å². The van der Waals surface area contributed by atoms with Crippen molar-refractivity contribution in [3.8, 4) is 5.75 Å². The molecule has 0 spiro atoms. The molecule has 0 atom stereocenters. The van der Waals surface area contributed by atoms with E-state index in [1.165, 1.54) is 22.8 Å². The minimum absolute atomic E-state index is 0.0622. The SMILES string of the molecule is Cn1cc(COc2cccc(F)c2)nc1C(=O)O. The predicted octanol–water partition coefficient (Wildman–Crippen LogP) is 1.84. The number of carboxylic acid groups (broad SMARTS) is 1. The first-order valence-electron chi connectivity index (χ1n) is 5.20. The number of hydrogen-bond donors (Lipinski definition) is 1. The van der Waals surface area contributed by atoms with Crippen molar-refractivity contribution in [2.45, 2.75) is 6.61 Å². The first-order valence-corrected chi connectivity index (χ1v) is 5.20. The van der Waals surface area contributed by atoms with Gasteiger partial charge in [-0.05, 0) is 12.1 Å². The van der Waals surface area contributed by atoms with Crippen molar-refractivity contribution in [2.24, 2.45) is 7.05 Å². The summed E-state index contributed by atoms with van der Waals surface area (Å²) in [4.78, 5) is 14.7. The van der Waals surface area contributed by atoms with Crippen LogP contribution in [0.3, 0.4) is 0 Å². The van der Waals surface area contributed by atoms with Crippen LogP contribution >= 0.6 is 0 Å². The zero-order valence-corrected chi connectivity index (χ0v) is 9.63. The fraction of sp³-hybridized carbons (Fsp3) is 0.167. The maximum absolute atomic E-state index is 12.9. The first-order chi connectivity index (χ1) is 8.56. The van der Waals surface area contributed by atoms with Gasteiger partial charge in [0.1, 0.15) is 18.2 Å². The van der Waals surface area contributed by atoms with E-state index in [0.29, 0.717) is 11.4 Å². The maximum atomic E-state index is 12.9. The molecule has 0 saturated carbocycles. The number of aromatic nitrogens is 2. The topological polar surface area (TPSA) is 64.4 Å². The van der Waals surface area contributed by atoms with E-state index in [0.717, 1.165) is 0 Å². The van der Waals surface area contributed by atoms with Gasteiger partial charge in [0.2, 0.25) is 5.82 Å². The van der Waals surface area contributed by atoms with Crippen LogP contribution in [-0.2, 0) is 13.7 Å². The molecule has 2 aromatic rings. The van der Waals surface area contributed by atoms with Gasteiger partial charge < -0.3 is 14.4 Å². The summed E-state index contributed by atoms with van der Waals surface area (Å²) in [6.45, 7) is 0.0879. The number of carbonyl (C=O) groups is 1. The highest BCUT2D eigenvalue weighted by atomic mass is 19.1. The van der Waals surface area contributed by atoms with E-state index in [1.54, 1.807) is 19.3 Å². The van der Waals surface area contributed by atoms with Crippen LogP contribution in [0.1, 0.15) is 16.3 Å². The third kappa shape index (κ3) is 2.65. The summed E-state index contributed by atoms with van der Waals surface area (Å²) in [5.41, 5.74) is 0.471. The smallest absolute Gasteiger partial charge is 0.372 e. The highest BCUT2D eigenvalue weighted by Crippen LogP contribution is 2.14. The number of ether oxygens (including phenoxy) is 1. The lowest BCUT2D eigenvalue weighted by Crippen LogP contribution is -2.05. The number of imidazole rings is 1. The maximum Gasteiger partial charge on any atom is 0.372 e. The molecule has 0 fully saturated rings.